The van der Waals surface area contributed by atoms with Gasteiger partial charge in [-0.05, 0) is 117 Å². The van der Waals surface area contributed by atoms with Crippen molar-refractivity contribution in [3.8, 4) is 0 Å². The number of likely N-dealkylation sites (tertiary alicyclic amines) is 2. The topological polar surface area (TPSA) is 192 Å². The van der Waals surface area contributed by atoms with Crippen molar-refractivity contribution in [2.75, 3.05) is 43.1 Å². The number of amides is 4. The Kier molecular flexibility index (Phi) is 13.2. The molecule has 0 unspecified atom stereocenters. The summed E-state index contributed by atoms with van der Waals surface area (Å²) in [5, 5.41) is 14.6. The van der Waals surface area contributed by atoms with Gasteiger partial charge in [-0.3, -0.25) is 9.59 Å². The molecule has 0 radical (unpaired) electrons. The first-order chi connectivity index (χ1) is 32.7. The van der Waals surface area contributed by atoms with Gasteiger partial charge < -0.3 is 50.0 Å². The fourth-order valence-corrected chi connectivity index (χ4v) is 11.1. The summed E-state index contributed by atoms with van der Waals surface area (Å²) in [6.45, 7) is 9.58. The van der Waals surface area contributed by atoms with E-state index in [2.05, 4.69) is 25.5 Å². The average molecular weight is 937 g/mol. The Balaban J connectivity index is 1.04. The second kappa shape index (κ2) is 19.3. The molecule has 0 bridgehead atoms. The molecule has 5 N–H and O–H groups in total. The number of piperidine rings is 1. The zero-order valence-electron chi connectivity index (χ0n) is 39.4. The predicted octanol–water partition coefficient (Wildman–Crippen LogP) is 8.79. The smallest absolute Gasteiger partial charge is 0.407 e. The van der Waals surface area contributed by atoms with E-state index in [9.17, 15) is 24.3 Å². The summed E-state index contributed by atoms with van der Waals surface area (Å²) in [7, 11) is 1.27. The molecular formula is C50H62F2N10O6. The number of anilines is 2. The van der Waals surface area contributed by atoms with Gasteiger partial charge in [0, 0.05) is 31.9 Å². The van der Waals surface area contributed by atoms with E-state index in [-0.39, 0.29) is 53.5 Å². The van der Waals surface area contributed by atoms with E-state index in [1.54, 1.807) is 9.80 Å². The van der Waals surface area contributed by atoms with Crippen molar-refractivity contribution in [2.45, 2.75) is 122 Å². The van der Waals surface area contributed by atoms with E-state index in [1.165, 1.54) is 19.2 Å². The van der Waals surface area contributed by atoms with Crippen LogP contribution in [0.15, 0.2) is 48.5 Å². The van der Waals surface area contributed by atoms with Crippen LogP contribution in [0.2, 0.25) is 0 Å². The van der Waals surface area contributed by atoms with Gasteiger partial charge in [-0.25, -0.2) is 28.3 Å². The maximum absolute atomic E-state index is 16.4. The van der Waals surface area contributed by atoms with E-state index in [4.69, 9.17) is 14.7 Å². The van der Waals surface area contributed by atoms with Crippen LogP contribution < -0.4 is 20.4 Å². The van der Waals surface area contributed by atoms with E-state index in [0.29, 0.717) is 80.2 Å². The highest BCUT2D eigenvalue weighted by Gasteiger charge is 2.41. The largest absolute Gasteiger partial charge is 0.465 e. The van der Waals surface area contributed by atoms with Gasteiger partial charge in [-0.15, -0.1) is 0 Å². The number of benzene rings is 3. The first kappa shape index (κ1) is 46.6. The van der Waals surface area contributed by atoms with Crippen LogP contribution in [0.1, 0.15) is 132 Å². The molecule has 16 nitrogen and oxygen atoms in total. The minimum atomic E-state index is -1.25. The maximum atomic E-state index is 16.4. The Labute approximate surface area is 394 Å². The van der Waals surface area contributed by atoms with E-state index < -0.39 is 35.9 Å². The van der Waals surface area contributed by atoms with E-state index in [1.807, 2.05) is 69.0 Å². The van der Waals surface area contributed by atoms with Gasteiger partial charge in [0.05, 0.1) is 53.3 Å². The first-order valence-electron chi connectivity index (χ1n) is 24.2. The number of hydrogen-bond acceptors (Lipinski definition) is 9. The van der Waals surface area contributed by atoms with Crippen LogP contribution >= 0.6 is 0 Å². The first-order valence-corrected chi connectivity index (χ1v) is 24.2. The van der Waals surface area contributed by atoms with Crippen LogP contribution in [-0.4, -0.2) is 104 Å². The number of nitrogens with one attached hydrogen (secondary N) is 4. The lowest BCUT2D eigenvalue weighted by molar-refractivity contribution is -0.136. The van der Waals surface area contributed by atoms with Crippen molar-refractivity contribution in [3.63, 3.8) is 0 Å². The van der Waals surface area contributed by atoms with Crippen LogP contribution in [-0.2, 0) is 14.3 Å². The summed E-state index contributed by atoms with van der Waals surface area (Å²) in [6.07, 6.45) is 5.10. The highest BCUT2D eigenvalue weighted by Crippen LogP contribution is 2.49. The van der Waals surface area contributed by atoms with Crippen molar-refractivity contribution in [1.82, 2.24) is 40.4 Å². The molecule has 6 heterocycles. The molecule has 4 saturated heterocycles. The third-order valence-electron chi connectivity index (χ3n) is 14.5. The zero-order valence-corrected chi connectivity index (χ0v) is 39.4. The summed E-state index contributed by atoms with van der Waals surface area (Å²) >= 11 is 0. The van der Waals surface area contributed by atoms with Gasteiger partial charge >= 0.3 is 12.2 Å². The second-order valence-corrected chi connectivity index (χ2v) is 19.5. The molecule has 4 aliphatic heterocycles. The molecule has 68 heavy (non-hydrogen) atoms. The van der Waals surface area contributed by atoms with Crippen molar-refractivity contribution in [3.05, 3.63) is 82.9 Å². The zero-order chi connectivity index (χ0) is 48.0. The third-order valence-corrected chi connectivity index (χ3v) is 14.5. The number of imidazole rings is 2. The Hall–Kier alpha value is -6.46. The molecule has 4 amide bonds. The molecule has 5 aromatic rings. The molecule has 4 fully saturated rings. The quantitative estimate of drug-likeness (QED) is 0.0808. The number of H-pyrrole nitrogens is 2. The predicted molar refractivity (Wildman–Crippen MR) is 253 cm³/mol. The monoisotopic (exact) mass is 936 g/mol. The molecule has 4 aliphatic rings. The highest BCUT2D eigenvalue weighted by molar-refractivity contribution is 5.87. The summed E-state index contributed by atoms with van der Waals surface area (Å²) in [5.74, 6) is -0.833. The lowest BCUT2D eigenvalue weighted by atomic mass is 10.0. The second-order valence-electron chi connectivity index (χ2n) is 19.5. The Morgan fingerprint density at radius 3 is 1.60 bits per heavy atom. The van der Waals surface area contributed by atoms with Gasteiger partial charge in [0.1, 0.15) is 29.4 Å². The number of rotatable bonds is 12. The minimum absolute atomic E-state index is 0.00909. The standard InChI is InChI=1S/C50H62F2N10O6/c1-27(2)42(57-49(65)66)47(63)60-21-9-11-40(60)45-53-34-15-13-29(23-36(34)55-45)38-17-18-39(62(38)31-25-32(51)44(33(52)26-31)59-19-7-6-8-20-59)30-14-16-35-37(24-30)56-46(54-35)41-12-10-22-61(41)48(64)43(28(3)4)58-50(67)68-5/h13-16,23-28,38-43,57H,6-12,17-22H2,1-5H3,(H,53,55)(H,54,56)(H,58,67)(H,65,66)/t38-,39-,40+,41+,42+,43+/m1/s1. The number of ether oxygens (including phenoxy) is 1. The number of aromatic amines is 2. The number of halogens is 2. The molecule has 2 aromatic heterocycles. The number of alkyl carbamates (subject to hydrolysis) is 1. The molecule has 3 aromatic carbocycles. The lowest BCUT2D eigenvalue weighted by Gasteiger charge is -2.35. The summed E-state index contributed by atoms with van der Waals surface area (Å²) in [5.41, 5.74) is 5.23. The molecule has 0 spiro atoms. The average Bonchev–Trinajstić information content (AvgIpc) is 4.18. The van der Waals surface area contributed by atoms with Crippen LogP contribution in [0, 0.1) is 23.5 Å². The molecule has 18 heteroatoms. The van der Waals surface area contributed by atoms with Crippen molar-refractivity contribution < 1.29 is 37.8 Å². The fraction of sp³-hybridized carbons (Fsp3) is 0.520. The van der Waals surface area contributed by atoms with Crippen LogP contribution in [0.3, 0.4) is 0 Å². The third kappa shape index (κ3) is 9.00. The minimum Gasteiger partial charge on any atom is -0.465 e. The Morgan fingerprint density at radius 2 is 1.15 bits per heavy atom. The van der Waals surface area contributed by atoms with Crippen LogP contribution in [0.5, 0.6) is 0 Å². The molecule has 9 rings (SSSR count). The van der Waals surface area contributed by atoms with Gasteiger partial charge in [0.2, 0.25) is 11.8 Å². The molecule has 0 saturated carbocycles. The molecule has 362 valence electrons. The summed E-state index contributed by atoms with van der Waals surface area (Å²) in [4.78, 5) is 75.8. The summed E-state index contributed by atoms with van der Waals surface area (Å²) < 4.78 is 37.6. The number of hydrogen-bond donors (Lipinski definition) is 5. The van der Waals surface area contributed by atoms with Crippen LogP contribution in [0.25, 0.3) is 22.1 Å². The molecule has 6 atom stereocenters. The number of nitrogens with zero attached hydrogens (tertiary/aromatic N) is 6. The normalized spacial score (nSPS) is 21.9. The van der Waals surface area contributed by atoms with Gasteiger partial charge in [-0.2, -0.15) is 0 Å². The number of aromatic nitrogens is 4. The van der Waals surface area contributed by atoms with E-state index in [0.717, 1.165) is 54.3 Å². The number of methoxy groups -OCH3 is 1. The van der Waals surface area contributed by atoms with Gasteiger partial charge in [0.25, 0.3) is 0 Å². The fourth-order valence-electron chi connectivity index (χ4n) is 11.1. The Bertz CT molecular complexity index is 2680. The van der Waals surface area contributed by atoms with E-state index >= 15 is 8.78 Å². The summed E-state index contributed by atoms with van der Waals surface area (Å²) in [6, 6.07) is 12.0. The maximum Gasteiger partial charge on any atom is 0.407 e. The molecule has 0 aliphatic carbocycles. The lowest BCUT2D eigenvalue weighted by Crippen LogP contribution is -2.51. The van der Waals surface area contributed by atoms with Gasteiger partial charge in [0.15, 0.2) is 11.6 Å². The number of fused-ring (bicyclic) bond motifs is 2. The molecular weight excluding hydrogens is 875 g/mol. The van der Waals surface area contributed by atoms with Gasteiger partial charge in [-0.1, -0.05) is 39.8 Å². The number of carbonyl (C=O) groups excluding carboxylic acids is 3. The van der Waals surface area contributed by atoms with Crippen LogP contribution in [0.4, 0.5) is 29.7 Å². The SMILES string of the molecule is COC(=O)N[C@H](C(=O)N1CCC[C@H]1c1nc2cc([C@H]3CC[C@H](c4ccc5[nH]c([C@@H]6CCCN6C(=O)[C@@H](NC(=O)O)C(C)C)nc5c4)N3c3cc(F)c(N4CCCCC4)c(F)c3)ccc2[nH]1)C(C)C. The van der Waals surface area contributed by atoms with Crippen molar-refractivity contribution >= 4 is 57.4 Å². The van der Waals surface area contributed by atoms with Crippen molar-refractivity contribution in [2.24, 2.45) is 11.8 Å². The Morgan fingerprint density at radius 1 is 0.662 bits per heavy atom. The van der Waals surface area contributed by atoms with Crippen molar-refractivity contribution in [1.29, 1.82) is 0 Å². The number of carbonyl (C=O) groups is 4. The number of carboxylic acid groups (broad SMARTS) is 1. The highest BCUT2D eigenvalue weighted by atomic mass is 19.1.